The number of aromatic nitrogens is 1. The monoisotopic (exact) mass is 179 g/mol. The lowest BCUT2D eigenvalue weighted by Gasteiger charge is -1.98. The van der Waals surface area contributed by atoms with Crippen LogP contribution in [0.5, 0.6) is 5.75 Å². The first-order chi connectivity index (χ1) is 6.36. The summed E-state index contributed by atoms with van der Waals surface area (Å²) < 4.78 is 5.02. The van der Waals surface area contributed by atoms with E-state index in [4.69, 9.17) is 9.84 Å². The fourth-order valence-electron chi connectivity index (χ4n) is 0.932. The van der Waals surface area contributed by atoms with Crippen LogP contribution in [-0.2, 0) is 0 Å². The maximum absolute atomic E-state index is 8.55. The maximum atomic E-state index is 8.55. The number of rotatable bonds is 4. The van der Waals surface area contributed by atoms with Crippen LogP contribution >= 0.6 is 0 Å². The third-order valence-electron chi connectivity index (χ3n) is 1.58. The summed E-state index contributed by atoms with van der Waals surface area (Å²) in [6.07, 6.45) is 7.87. The lowest BCUT2D eigenvalue weighted by molar-refractivity contribution is 0.303. The van der Waals surface area contributed by atoms with Crippen LogP contribution in [0.2, 0.25) is 0 Å². The van der Waals surface area contributed by atoms with Gasteiger partial charge in [-0.25, -0.2) is 0 Å². The molecule has 0 unspecified atom stereocenters. The van der Waals surface area contributed by atoms with Gasteiger partial charge < -0.3 is 9.84 Å². The molecule has 0 saturated heterocycles. The van der Waals surface area contributed by atoms with Gasteiger partial charge in [0.15, 0.2) is 0 Å². The standard InChI is InChI=1S/C10H13NO2/c1-13-10-6-9(7-11-8-10)4-2-3-5-12/h2,4,6-8,12H,3,5H2,1H3/b4-2+. The number of hydrogen-bond donors (Lipinski definition) is 1. The van der Waals surface area contributed by atoms with E-state index in [0.29, 0.717) is 6.42 Å². The molecule has 0 spiro atoms. The van der Waals surface area contributed by atoms with E-state index < -0.39 is 0 Å². The Morgan fingerprint density at radius 1 is 1.54 bits per heavy atom. The summed E-state index contributed by atoms with van der Waals surface area (Å²) >= 11 is 0. The lowest BCUT2D eigenvalue weighted by Crippen LogP contribution is -1.85. The van der Waals surface area contributed by atoms with Crippen molar-refractivity contribution >= 4 is 6.08 Å². The zero-order valence-corrected chi connectivity index (χ0v) is 7.60. The normalized spacial score (nSPS) is 10.6. The highest BCUT2D eigenvalue weighted by Gasteiger charge is 1.91. The van der Waals surface area contributed by atoms with Crippen LogP contribution in [0.25, 0.3) is 6.08 Å². The second kappa shape index (κ2) is 5.32. The van der Waals surface area contributed by atoms with E-state index in [9.17, 15) is 0 Å². The van der Waals surface area contributed by atoms with Gasteiger partial charge in [0, 0.05) is 12.8 Å². The SMILES string of the molecule is COc1cncc(/C=C/CCO)c1. The lowest BCUT2D eigenvalue weighted by atomic mass is 10.2. The highest BCUT2D eigenvalue weighted by molar-refractivity contribution is 5.49. The van der Waals surface area contributed by atoms with Crippen LogP contribution in [0, 0.1) is 0 Å². The molecule has 0 aliphatic rings. The molecule has 0 radical (unpaired) electrons. The summed E-state index contributed by atoms with van der Waals surface area (Å²) in [6.45, 7) is 0.175. The molecule has 0 aromatic carbocycles. The van der Waals surface area contributed by atoms with E-state index in [0.717, 1.165) is 11.3 Å². The number of methoxy groups -OCH3 is 1. The third kappa shape index (κ3) is 3.25. The van der Waals surface area contributed by atoms with Gasteiger partial charge in [-0.05, 0) is 18.1 Å². The molecule has 0 aliphatic carbocycles. The van der Waals surface area contributed by atoms with E-state index >= 15 is 0 Å². The molecular weight excluding hydrogens is 166 g/mol. The summed E-state index contributed by atoms with van der Waals surface area (Å²) in [5.74, 6) is 0.742. The maximum Gasteiger partial charge on any atom is 0.137 e. The zero-order valence-electron chi connectivity index (χ0n) is 7.60. The minimum absolute atomic E-state index is 0.175. The average molecular weight is 179 g/mol. The van der Waals surface area contributed by atoms with Gasteiger partial charge in [0.1, 0.15) is 5.75 Å². The number of aliphatic hydroxyl groups excluding tert-OH is 1. The Bertz CT molecular complexity index is 284. The second-order valence-electron chi connectivity index (χ2n) is 2.57. The number of nitrogens with zero attached hydrogens (tertiary/aromatic N) is 1. The first-order valence-corrected chi connectivity index (χ1v) is 4.13. The van der Waals surface area contributed by atoms with Crippen molar-refractivity contribution in [3.05, 3.63) is 30.1 Å². The highest BCUT2D eigenvalue weighted by atomic mass is 16.5. The van der Waals surface area contributed by atoms with Crippen LogP contribution < -0.4 is 4.74 Å². The molecule has 0 aliphatic heterocycles. The van der Waals surface area contributed by atoms with Gasteiger partial charge in [-0.2, -0.15) is 0 Å². The van der Waals surface area contributed by atoms with Crippen LogP contribution in [0.3, 0.4) is 0 Å². The van der Waals surface area contributed by atoms with E-state index in [-0.39, 0.29) is 6.61 Å². The Labute approximate surface area is 77.7 Å². The molecular formula is C10H13NO2. The highest BCUT2D eigenvalue weighted by Crippen LogP contribution is 2.11. The molecule has 0 saturated carbocycles. The summed E-state index contributed by atoms with van der Waals surface area (Å²) in [5.41, 5.74) is 0.979. The predicted octanol–water partition coefficient (Wildman–Crippen LogP) is 1.49. The smallest absolute Gasteiger partial charge is 0.137 e. The molecule has 3 nitrogen and oxygen atoms in total. The first kappa shape index (κ1) is 9.74. The molecule has 0 bridgehead atoms. The van der Waals surface area contributed by atoms with Crippen LogP contribution in [-0.4, -0.2) is 23.8 Å². The number of ether oxygens (including phenoxy) is 1. The number of pyridine rings is 1. The predicted molar refractivity (Wildman–Crippen MR) is 51.5 cm³/mol. The topological polar surface area (TPSA) is 42.4 Å². The van der Waals surface area contributed by atoms with Crippen molar-refractivity contribution in [3.63, 3.8) is 0 Å². The molecule has 70 valence electrons. The largest absolute Gasteiger partial charge is 0.495 e. The quantitative estimate of drug-likeness (QED) is 0.761. The fraction of sp³-hybridized carbons (Fsp3) is 0.300. The van der Waals surface area contributed by atoms with Crippen molar-refractivity contribution < 1.29 is 9.84 Å². The molecule has 1 rings (SSSR count). The number of aliphatic hydroxyl groups is 1. The van der Waals surface area contributed by atoms with Crippen molar-refractivity contribution in [2.75, 3.05) is 13.7 Å². The van der Waals surface area contributed by atoms with Crippen LogP contribution in [0.4, 0.5) is 0 Å². The van der Waals surface area contributed by atoms with E-state index in [2.05, 4.69) is 4.98 Å². The Kier molecular flexibility index (Phi) is 3.99. The van der Waals surface area contributed by atoms with Crippen molar-refractivity contribution in [3.8, 4) is 5.75 Å². The fourth-order valence-corrected chi connectivity index (χ4v) is 0.932. The molecule has 1 N–H and O–H groups in total. The summed E-state index contributed by atoms with van der Waals surface area (Å²) in [7, 11) is 1.61. The molecule has 0 amide bonds. The molecule has 1 aromatic heterocycles. The summed E-state index contributed by atoms with van der Waals surface area (Å²) in [4.78, 5) is 4.00. The minimum Gasteiger partial charge on any atom is -0.495 e. The molecule has 3 heteroatoms. The van der Waals surface area contributed by atoms with Gasteiger partial charge in [0.05, 0.1) is 13.3 Å². The number of hydrogen-bond acceptors (Lipinski definition) is 3. The molecule has 13 heavy (non-hydrogen) atoms. The van der Waals surface area contributed by atoms with Gasteiger partial charge in [-0.1, -0.05) is 12.2 Å². The zero-order chi connectivity index (χ0) is 9.52. The third-order valence-corrected chi connectivity index (χ3v) is 1.58. The van der Waals surface area contributed by atoms with E-state index in [1.54, 1.807) is 19.5 Å². The van der Waals surface area contributed by atoms with E-state index in [1.165, 1.54) is 0 Å². The molecule has 0 fully saturated rings. The van der Waals surface area contributed by atoms with Gasteiger partial charge in [0.2, 0.25) is 0 Å². The van der Waals surface area contributed by atoms with Gasteiger partial charge in [0.25, 0.3) is 0 Å². The molecule has 1 heterocycles. The van der Waals surface area contributed by atoms with Crippen molar-refractivity contribution in [1.29, 1.82) is 0 Å². The summed E-state index contributed by atoms with van der Waals surface area (Å²) in [6, 6.07) is 1.89. The van der Waals surface area contributed by atoms with Crippen LogP contribution in [0.1, 0.15) is 12.0 Å². The average Bonchev–Trinajstić information content (AvgIpc) is 2.19. The molecule has 0 atom stereocenters. The summed E-state index contributed by atoms with van der Waals surface area (Å²) in [5, 5.41) is 8.55. The van der Waals surface area contributed by atoms with Crippen LogP contribution in [0.15, 0.2) is 24.5 Å². The van der Waals surface area contributed by atoms with E-state index in [1.807, 2.05) is 18.2 Å². The van der Waals surface area contributed by atoms with Gasteiger partial charge >= 0.3 is 0 Å². The Morgan fingerprint density at radius 2 is 2.38 bits per heavy atom. The second-order valence-corrected chi connectivity index (χ2v) is 2.57. The van der Waals surface area contributed by atoms with Crippen molar-refractivity contribution in [2.24, 2.45) is 0 Å². The Balaban J connectivity index is 2.66. The first-order valence-electron chi connectivity index (χ1n) is 4.13. The van der Waals surface area contributed by atoms with Crippen molar-refractivity contribution in [1.82, 2.24) is 4.98 Å². The molecule has 1 aromatic rings. The Morgan fingerprint density at radius 3 is 3.08 bits per heavy atom. The van der Waals surface area contributed by atoms with Crippen molar-refractivity contribution in [2.45, 2.75) is 6.42 Å². The van der Waals surface area contributed by atoms with Gasteiger partial charge in [-0.3, -0.25) is 4.98 Å². The minimum atomic E-state index is 0.175. The van der Waals surface area contributed by atoms with Gasteiger partial charge in [-0.15, -0.1) is 0 Å². The Hall–Kier alpha value is -1.35.